The summed E-state index contributed by atoms with van der Waals surface area (Å²) in [4.78, 5) is 38.2. The van der Waals surface area contributed by atoms with Crippen molar-refractivity contribution in [2.24, 2.45) is 0 Å². The molecule has 0 saturated heterocycles. The first-order chi connectivity index (χ1) is 34.5. The minimum Gasteiger partial charge on any atom is -0.462 e. The number of hydrogen-bond acceptors (Lipinski definition) is 6. The summed E-state index contributed by atoms with van der Waals surface area (Å²) in [6.45, 7) is 6.45. The highest BCUT2D eigenvalue weighted by Crippen LogP contribution is 2.14. The van der Waals surface area contributed by atoms with E-state index >= 15 is 0 Å². The molecule has 0 rings (SSSR count). The van der Waals surface area contributed by atoms with Crippen LogP contribution >= 0.6 is 0 Å². The van der Waals surface area contributed by atoms with Crippen LogP contribution in [0, 0.1) is 0 Å². The van der Waals surface area contributed by atoms with Crippen LogP contribution in [0.4, 0.5) is 0 Å². The van der Waals surface area contributed by atoms with Gasteiger partial charge in [-0.15, -0.1) is 0 Å². The number of allylic oxidation sites excluding steroid dienone is 16. The summed E-state index contributed by atoms with van der Waals surface area (Å²) in [7, 11) is 0. The quantitative estimate of drug-likeness (QED) is 0.0262. The second-order valence-electron chi connectivity index (χ2n) is 19.2. The highest BCUT2D eigenvalue weighted by molar-refractivity contribution is 5.71. The molecule has 70 heavy (non-hydrogen) atoms. The molecule has 0 heterocycles. The Balaban J connectivity index is 4.48. The number of carbonyl (C=O) groups excluding carboxylic acids is 3. The molecule has 0 saturated carbocycles. The Hall–Kier alpha value is -3.67. The van der Waals surface area contributed by atoms with Gasteiger partial charge in [-0.1, -0.05) is 234 Å². The molecular formula is C64H108O6. The Morgan fingerprint density at radius 2 is 0.571 bits per heavy atom. The van der Waals surface area contributed by atoms with Crippen molar-refractivity contribution in [3.63, 3.8) is 0 Å². The second kappa shape index (κ2) is 57.9. The standard InChI is InChI=1S/C64H108O6/c1-4-7-10-13-16-19-22-25-28-31-32-34-36-39-42-45-48-51-54-57-63(66)69-60-61(59-68-62(65)56-53-50-47-44-41-38-35-30-27-24-21-18-15-12-9-6-3)70-64(67)58-55-52-49-46-43-40-37-33-29-26-23-20-17-14-11-8-5-2/h7,10,16-17,19-20,25-26,28-30,35,37,40,46,49,61H,4-6,8-9,11-15,18,21-24,27,31-34,36,38-39,41-45,47-48,50-60H2,1-3H3/b10-7-,19-16-,20-17-,28-25-,29-26-,35-30-,40-37-,49-46-. The first kappa shape index (κ1) is 66.3. The molecule has 0 aliphatic carbocycles. The first-order valence-electron chi connectivity index (χ1n) is 29.2. The zero-order chi connectivity index (χ0) is 50.7. The molecule has 0 bridgehead atoms. The largest absolute Gasteiger partial charge is 0.462 e. The molecule has 6 heteroatoms. The van der Waals surface area contributed by atoms with Crippen LogP contribution in [0.2, 0.25) is 0 Å². The average molecular weight is 974 g/mol. The van der Waals surface area contributed by atoms with Gasteiger partial charge in [-0.3, -0.25) is 14.4 Å². The lowest BCUT2D eigenvalue weighted by molar-refractivity contribution is -0.167. The van der Waals surface area contributed by atoms with Gasteiger partial charge in [0.2, 0.25) is 0 Å². The molecule has 1 atom stereocenters. The minimum absolute atomic E-state index is 0.105. The van der Waals surface area contributed by atoms with Gasteiger partial charge in [0.1, 0.15) is 13.2 Å². The van der Waals surface area contributed by atoms with Gasteiger partial charge >= 0.3 is 17.9 Å². The maximum atomic E-state index is 12.8. The number of esters is 3. The smallest absolute Gasteiger partial charge is 0.306 e. The summed E-state index contributed by atoms with van der Waals surface area (Å²) in [5, 5.41) is 0. The van der Waals surface area contributed by atoms with Crippen LogP contribution in [0.5, 0.6) is 0 Å². The Kier molecular flexibility index (Phi) is 54.9. The van der Waals surface area contributed by atoms with E-state index in [-0.39, 0.29) is 37.5 Å². The van der Waals surface area contributed by atoms with Crippen molar-refractivity contribution >= 4 is 17.9 Å². The SMILES string of the molecule is CC/C=C\C/C=C\C/C=C\CCCCCCCCCCCC(=O)OCC(COC(=O)CCCCCCC/C=C\CCCCCCCCC)OC(=O)CCC/C=C\C/C=C\C/C=C\C/C=C\CCCCC. The van der Waals surface area contributed by atoms with E-state index in [1.165, 1.54) is 128 Å². The van der Waals surface area contributed by atoms with E-state index in [1.807, 2.05) is 0 Å². The molecule has 400 valence electrons. The van der Waals surface area contributed by atoms with Gasteiger partial charge in [0.05, 0.1) is 0 Å². The lowest BCUT2D eigenvalue weighted by Crippen LogP contribution is -2.30. The summed E-state index contributed by atoms with van der Waals surface area (Å²) in [6.07, 6.45) is 76.9. The maximum absolute atomic E-state index is 12.8. The molecular weight excluding hydrogens is 865 g/mol. The fourth-order valence-electron chi connectivity index (χ4n) is 7.91. The zero-order valence-electron chi connectivity index (χ0n) is 45.8. The predicted molar refractivity (Wildman–Crippen MR) is 302 cm³/mol. The van der Waals surface area contributed by atoms with Crippen molar-refractivity contribution in [1.82, 2.24) is 0 Å². The molecule has 0 aromatic heterocycles. The predicted octanol–water partition coefficient (Wildman–Crippen LogP) is 19.7. The van der Waals surface area contributed by atoms with Crippen molar-refractivity contribution in [3.8, 4) is 0 Å². The third-order valence-corrected chi connectivity index (χ3v) is 12.3. The topological polar surface area (TPSA) is 78.9 Å². The van der Waals surface area contributed by atoms with E-state index in [2.05, 4.69) is 118 Å². The van der Waals surface area contributed by atoms with Gasteiger partial charge in [-0.05, 0) is 116 Å². The van der Waals surface area contributed by atoms with Crippen LogP contribution in [0.3, 0.4) is 0 Å². The van der Waals surface area contributed by atoms with E-state index in [4.69, 9.17) is 14.2 Å². The summed E-state index contributed by atoms with van der Waals surface area (Å²) >= 11 is 0. The third-order valence-electron chi connectivity index (χ3n) is 12.3. The van der Waals surface area contributed by atoms with E-state index < -0.39 is 6.10 Å². The molecule has 0 aromatic carbocycles. The highest BCUT2D eigenvalue weighted by Gasteiger charge is 2.19. The normalized spacial score (nSPS) is 12.8. The number of hydrogen-bond donors (Lipinski definition) is 0. The highest BCUT2D eigenvalue weighted by atomic mass is 16.6. The van der Waals surface area contributed by atoms with Crippen molar-refractivity contribution in [1.29, 1.82) is 0 Å². The van der Waals surface area contributed by atoms with E-state index in [0.29, 0.717) is 19.3 Å². The first-order valence-corrected chi connectivity index (χ1v) is 29.2. The van der Waals surface area contributed by atoms with Gasteiger partial charge in [-0.25, -0.2) is 0 Å². The van der Waals surface area contributed by atoms with Gasteiger partial charge in [-0.2, -0.15) is 0 Å². The zero-order valence-corrected chi connectivity index (χ0v) is 45.8. The third kappa shape index (κ3) is 55.3. The molecule has 0 amide bonds. The number of carbonyl (C=O) groups is 3. The number of rotatable bonds is 52. The van der Waals surface area contributed by atoms with Crippen molar-refractivity contribution in [3.05, 3.63) is 97.2 Å². The summed E-state index contributed by atoms with van der Waals surface area (Å²) < 4.78 is 16.8. The molecule has 0 aliphatic rings. The van der Waals surface area contributed by atoms with E-state index in [9.17, 15) is 14.4 Å². The van der Waals surface area contributed by atoms with E-state index in [1.54, 1.807) is 0 Å². The van der Waals surface area contributed by atoms with Crippen LogP contribution in [0.25, 0.3) is 0 Å². The van der Waals surface area contributed by atoms with Crippen LogP contribution in [-0.2, 0) is 28.6 Å². The molecule has 0 aliphatic heterocycles. The minimum atomic E-state index is -0.813. The lowest BCUT2D eigenvalue weighted by atomic mass is 10.1. The van der Waals surface area contributed by atoms with Crippen LogP contribution in [-0.4, -0.2) is 37.2 Å². The van der Waals surface area contributed by atoms with Crippen molar-refractivity contribution in [2.45, 2.75) is 277 Å². The summed E-state index contributed by atoms with van der Waals surface area (Å²) in [5.74, 6) is -0.971. The Bertz CT molecular complexity index is 1400. The lowest BCUT2D eigenvalue weighted by Gasteiger charge is -2.18. The Labute approximate surface area is 432 Å². The molecule has 1 unspecified atom stereocenters. The summed E-state index contributed by atoms with van der Waals surface area (Å²) in [5.41, 5.74) is 0. The number of unbranched alkanes of at least 4 members (excludes halogenated alkanes) is 25. The molecule has 0 N–H and O–H groups in total. The second-order valence-corrected chi connectivity index (χ2v) is 19.2. The van der Waals surface area contributed by atoms with Gasteiger partial charge in [0, 0.05) is 19.3 Å². The summed E-state index contributed by atoms with van der Waals surface area (Å²) in [6, 6.07) is 0. The Morgan fingerprint density at radius 3 is 0.957 bits per heavy atom. The molecule has 0 spiro atoms. The average Bonchev–Trinajstić information content (AvgIpc) is 3.36. The van der Waals surface area contributed by atoms with Crippen LogP contribution in [0.15, 0.2) is 97.2 Å². The molecule has 0 fully saturated rings. The van der Waals surface area contributed by atoms with Gasteiger partial charge < -0.3 is 14.2 Å². The maximum Gasteiger partial charge on any atom is 0.306 e. The van der Waals surface area contributed by atoms with Gasteiger partial charge in [0.25, 0.3) is 0 Å². The van der Waals surface area contributed by atoms with Crippen molar-refractivity contribution < 1.29 is 28.6 Å². The fraction of sp³-hybridized carbons (Fsp3) is 0.703. The van der Waals surface area contributed by atoms with Crippen molar-refractivity contribution in [2.75, 3.05) is 13.2 Å². The fourth-order valence-corrected chi connectivity index (χ4v) is 7.91. The van der Waals surface area contributed by atoms with E-state index in [0.717, 1.165) is 96.3 Å². The monoisotopic (exact) mass is 973 g/mol. The molecule has 6 nitrogen and oxygen atoms in total. The number of ether oxygens (including phenoxy) is 3. The molecule has 0 aromatic rings. The molecule has 0 radical (unpaired) electrons. The Morgan fingerprint density at radius 1 is 0.300 bits per heavy atom. The van der Waals surface area contributed by atoms with Crippen LogP contribution in [0.1, 0.15) is 271 Å². The van der Waals surface area contributed by atoms with Crippen LogP contribution < -0.4 is 0 Å². The van der Waals surface area contributed by atoms with Gasteiger partial charge in [0.15, 0.2) is 6.10 Å².